The number of hydrogen-bond donors (Lipinski definition) is 1. The molecule has 2 rings (SSSR count). The quantitative estimate of drug-likeness (QED) is 0.925. The van der Waals surface area contributed by atoms with Crippen LogP contribution in [0, 0.1) is 5.92 Å². The number of hydrogen-bond acceptors (Lipinski definition) is 3. The van der Waals surface area contributed by atoms with E-state index in [1.807, 2.05) is 6.92 Å². The summed E-state index contributed by atoms with van der Waals surface area (Å²) in [6.45, 7) is 4.88. The molecule has 4 nitrogen and oxygen atoms in total. The standard InChI is InChI=1S/C14H23ClN2O2/c1-4-17-12(11(15)9-16-17)13(18)14(19-3)7-5-6-10(2)8-14/h9-10,13,18H,4-8H2,1-3H3. The predicted octanol–water partition coefficient (Wildman–Crippen LogP) is 3.19. The van der Waals surface area contributed by atoms with Gasteiger partial charge in [-0.3, -0.25) is 4.68 Å². The van der Waals surface area contributed by atoms with Crippen molar-refractivity contribution in [2.24, 2.45) is 5.92 Å². The summed E-state index contributed by atoms with van der Waals surface area (Å²) >= 11 is 6.19. The highest BCUT2D eigenvalue weighted by Gasteiger charge is 2.44. The van der Waals surface area contributed by atoms with Crippen LogP contribution in [0.3, 0.4) is 0 Å². The summed E-state index contributed by atoms with van der Waals surface area (Å²) < 4.78 is 7.50. The smallest absolute Gasteiger partial charge is 0.126 e. The number of halogens is 1. The zero-order valence-corrected chi connectivity index (χ0v) is 12.7. The SMILES string of the molecule is CCn1ncc(Cl)c1C(O)C1(OC)CCCC(C)C1. The van der Waals surface area contributed by atoms with Crippen LogP contribution in [0.1, 0.15) is 51.3 Å². The molecule has 0 aromatic carbocycles. The molecule has 1 saturated carbocycles. The number of aromatic nitrogens is 2. The molecule has 1 heterocycles. The van der Waals surface area contributed by atoms with Gasteiger partial charge >= 0.3 is 0 Å². The van der Waals surface area contributed by atoms with Gasteiger partial charge in [0, 0.05) is 13.7 Å². The minimum atomic E-state index is -0.727. The zero-order chi connectivity index (χ0) is 14.0. The molecule has 0 spiro atoms. The lowest BCUT2D eigenvalue weighted by Gasteiger charge is -2.42. The van der Waals surface area contributed by atoms with Gasteiger partial charge in [-0.2, -0.15) is 5.10 Å². The normalized spacial score (nSPS) is 29.4. The van der Waals surface area contributed by atoms with Gasteiger partial charge in [-0.1, -0.05) is 31.4 Å². The van der Waals surface area contributed by atoms with Crippen LogP contribution in [0.15, 0.2) is 6.20 Å². The maximum atomic E-state index is 10.8. The second-order valence-corrected chi connectivity index (χ2v) is 5.97. The molecule has 1 aromatic heterocycles. The fourth-order valence-electron chi connectivity index (χ4n) is 3.23. The molecule has 1 fully saturated rings. The molecule has 1 aliphatic rings. The van der Waals surface area contributed by atoms with E-state index in [4.69, 9.17) is 16.3 Å². The first kappa shape index (κ1) is 14.8. The Balaban J connectivity index is 2.34. The monoisotopic (exact) mass is 286 g/mol. The molecule has 1 aromatic rings. The second-order valence-electron chi connectivity index (χ2n) is 5.57. The van der Waals surface area contributed by atoms with Crippen molar-refractivity contribution in [2.45, 2.75) is 57.8 Å². The van der Waals surface area contributed by atoms with E-state index in [0.717, 1.165) is 19.3 Å². The summed E-state index contributed by atoms with van der Waals surface area (Å²) in [4.78, 5) is 0. The molecule has 0 amide bonds. The number of methoxy groups -OCH3 is 1. The van der Waals surface area contributed by atoms with E-state index in [1.54, 1.807) is 18.0 Å². The average Bonchev–Trinajstić information content (AvgIpc) is 2.78. The van der Waals surface area contributed by atoms with Gasteiger partial charge in [0.15, 0.2) is 0 Å². The van der Waals surface area contributed by atoms with E-state index >= 15 is 0 Å². The highest BCUT2D eigenvalue weighted by atomic mass is 35.5. The van der Waals surface area contributed by atoms with Crippen LogP contribution in [-0.2, 0) is 11.3 Å². The Kier molecular flexibility index (Phi) is 4.54. The number of aryl methyl sites for hydroxylation is 1. The van der Waals surface area contributed by atoms with E-state index in [1.165, 1.54) is 6.42 Å². The minimum absolute atomic E-state index is 0.518. The molecule has 0 saturated heterocycles. The first-order valence-electron chi connectivity index (χ1n) is 6.98. The van der Waals surface area contributed by atoms with Crippen LogP contribution >= 0.6 is 11.6 Å². The lowest BCUT2D eigenvalue weighted by molar-refractivity contribution is -0.136. The van der Waals surface area contributed by atoms with Crippen molar-refractivity contribution in [3.63, 3.8) is 0 Å². The van der Waals surface area contributed by atoms with Crippen LogP contribution in [0.5, 0.6) is 0 Å². The number of ether oxygens (including phenoxy) is 1. The summed E-state index contributed by atoms with van der Waals surface area (Å²) in [5, 5.41) is 15.5. The largest absolute Gasteiger partial charge is 0.384 e. The van der Waals surface area contributed by atoms with Crippen LogP contribution in [0.4, 0.5) is 0 Å². The van der Waals surface area contributed by atoms with Gasteiger partial charge in [-0.05, 0) is 25.7 Å². The fourth-order valence-corrected chi connectivity index (χ4v) is 3.48. The Labute approximate surface area is 119 Å². The third-order valence-corrected chi connectivity index (χ3v) is 4.58. The van der Waals surface area contributed by atoms with E-state index in [-0.39, 0.29) is 0 Å². The average molecular weight is 287 g/mol. The van der Waals surface area contributed by atoms with E-state index in [9.17, 15) is 5.11 Å². The van der Waals surface area contributed by atoms with Gasteiger partial charge in [-0.25, -0.2) is 0 Å². The molecule has 19 heavy (non-hydrogen) atoms. The Bertz CT molecular complexity index is 435. The summed E-state index contributed by atoms with van der Waals surface area (Å²) in [5.74, 6) is 0.556. The molecule has 3 unspecified atom stereocenters. The van der Waals surface area contributed by atoms with Gasteiger partial charge in [0.1, 0.15) is 6.10 Å². The molecule has 0 bridgehead atoms. The highest BCUT2D eigenvalue weighted by molar-refractivity contribution is 6.31. The van der Waals surface area contributed by atoms with Crippen LogP contribution < -0.4 is 0 Å². The predicted molar refractivity (Wildman–Crippen MR) is 75.2 cm³/mol. The van der Waals surface area contributed by atoms with E-state index < -0.39 is 11.7 Å². The van der Waals surface area contributed by atoms with Crippen LogP contribution in [0.2, 0.25) is 5.02 Å². The lowest BCUT2D eigenvalue weighted by atomic mass is 9.75. The third kappa shape index (κ3) is 2.67. The molecule has 3 atom stereocenters. The highest BCUT2D eigenvalue weighted by Crippen LogP contribution is 2.44. The number of aliphatic hydroxyl groups excluding tert-OH is 1. The fraction of sp³-hybridized carbons (Fsp3) is 0.786. The minimum Gasteiger partial charge on any atom is -0.384 e. The molecule has 5 heteroatoms. The van der Waals surface area contributed by atoms with Crippen molar-refractivity contribution in [2.75, 3.05) is 7.11 Å². The maximum absolute atomic E-state index is 10.8. The van der Waals surface area contributed by atoms with Gasteiger partial charge < -0.3 is 9.84 Å². The maximum Gasteiger partial charge on any atom is 0.126 e. The number of rotatable bonds is 4. The molecule has 0 radical (unpaired) electrons. The van der Waals surface area contributed by atoms with Crippen molar-refractivity contribution in [3.05, 3.63) is 16.9 Å². The van der Waals surface area contributed by atoms with Gasteiger partial charge in [-0.15, -0.1) is 0 Å². The number of nitrogens with zero attached hydrogens (tertiary/aromatic N) is 2. The Hall–Kier alpha value is -0.580. The van der Waals surface area contributed by atoms with Crippen molar-refractivity contribution in [1.29, 1.82) is 0 Å². The van der Waals surface area contributed by atoms with Crippen LogP contribution in [0.25, 0.3) is 0 Å². The number of aliphatic hydroxyl groups is 1. The van der Waals surface area contributed by atoms with Crippen LogP contribution in [-0.4, -0.2) is 27.6 Å². The van der Waals surface area contributed by atoms with Crippen molar-refractivity contribution < 1.29 is 9.84 Å². The summed E-state index contributed by atoms with van der Waals surface area (Å²) in [6.07, 6.45) is 4.85. The van der Waals surface area contributed by atoms with Gasteiger partial charge in [0.25, 0.3) is 0 Å². The summed E-state index contributed by atoms with van der Waals surface area (Å²) in [5.41, 5.74) is 0.147. The first-order chi connectivity index (χ1) is 9.04. The summed E-state index contributed by atoms with van der Waals surface area (Å²) in [7, 11) is 1.68. The lowest BCUT2D eigenvalue weighted by Crippen LogP contribution is -2.43. The van der Waals surface area contributed by atoms with Gasteiger partial charge in [0.2, 0.25) is 0 Å². The first-order valence-corrected chi connectivity index (χ1v) is 7.36. The summed E-state index contributed by atoms with van der Waals surface area (Å²) in [6, 6.07) is 0. The van der Waals surface area contributed by atoms with E-state index in [2.05, 4.69) is 12.0 Å². The molecule has 1 aliphatic carbocycles. The Morgan fingerprint density at radius 3 is 3.00 bits per heavy atom. The van der Waals surface area contributed by atoms with Crippen molar-refractivity contribution in [3.8, 4) is 0 Å². The third-order valence-electron chi connectivity index (χ3n) is 4.29. The Morgan fingerprint density at radius 1 is 1.68 bits per heavy atom. The molecular weight excluding hydrogens is 264 g/mol. The molecule has 108 valence electrons. The van der Waals surface area contributed by atoms with Crippen molar-refractivity contribution >= 4 is 11.6 Å². The van der Waals surface area contributed by atoms with Crippen molar-refractivity contribution in [1.82, 2.24) is 9.78 Å². The van der Waals surface area contributed by atoms with E-state index in [0.29, 0.717) is 23.2 Å². The molecular formula is C14H23ClN2O2. The molecule has 0 aliphatic heterocycles. The zero-order valence-electron chi connectivity index (χ0n) is 11.9. The topological polar surface area (TPSA) is 47.3 Å². The Morgan fingerprint density at radius 2 is 2.42 bits per heavy atom. The van der Waals surface area contributed by atoms with Gasteiger partial charge in [0.05, 0.1) is 22.5 Å². The second kappa shape index (κ2) is 5.81. The molecule has 1 N–H and O–H groups in total.